The smallest absolute Gasteiger partial charge is 0.220 e. The first-order valence-corrected chi connectivity index (χ1v) is 28.7. The summed E-state index contributed by atoms with van der Waals surface area (Å²) in [6.07, 6.45) is 40.7. The molecular formula is C59H103NO13. The number of carbonyl (C=O) groups is 1. The molecule has 0 radical (unpaired) electrons. The highest BCUT2D eigenvalue weighted by atomic mass is 16.7. The Hall–Kier alpha value is -2.57. The number of ether oxygens (including phenoxy) is 4. The predicted molar refractivity (Wildman–Crippen MR) is 290 cm³/mol. The third-order valence-electron chi connectivity index (χ3n) is 13.6. The van der Waals surface area contributed by atoms with E-state index >= 15 is 0 Å². The van der Waals surface area contributed by atoms with E-state index in [2.05, 4.69) is 79.9 Å². The molecule has 0 saturated carbocycles. The molecule has 422 valence electrons. The molecular weight excluding hydrogens is 931 g/mol. The molecule has 0 aromatic heterocycles. The van der Waals surface area contributed by atoms with Gasteiger partial charge in [-0.1, -0.05) is 202 Å². The number of allylic oxidation sites excluding steroid dienone is 11. The molecule has 12 atom stereocenters. The van der Waals surface area contributed by atoms with Gasteiger partial charge in [0, 0.05) is 6.42 Å². The van der Waals surface area contributed by atoms with Crippen LogP contribution in [0.1, 0.15) is 200 Å². The number of unbranched alkanes of at least 4 members (excludes halogenated alkanes) is 21. The van der Waals surface area contributed by atoms with Crippen LogP contribution in [0.25, 0.3) is 0 Å². The van der Waals surface area contributed by atoms with Crippen molar-refractivity contribution in [2.75, 3.05) is 19.8 Å². The lowest BCUT2D eigenvalue weighted by molar-refractivity contribution is -0.359. The number of hydrogen-bond acceptors (Lipinski definition) is 13. The van der Waals surface area contributed by atoms with Gasteiger partial charge in [0.25, 0.3) is 0 Å². The summed E-state index contributed by atoms with van der Waals surface area (Å²) in [6.45, 7) is 2.66. The largest absolute Gasteiger partial charge is 0.394 e. The minimum absolute atomic E-state index is 0.249. The number of amides is 1. The van der Waals surface area contributed by atoms with Crippen molar-refractivity contribution in [2.24, 2.45) is 0 Å². The molecule has 73 heavy (non-hydrogen) atoms. The van der Waals surface area contributed by atoms with Gasteiger partial charge in [0.05, 0.1) is 32.0 Å². The lowest BCUT2D eigenvalue weighted by atomic mass is 9.97. The van der Waals surface area contributed by atoms with Crippen LogP contribution in [-0.2, 0) is 23.7 Å². The van der Waals surface area contributed by atoms with Crippen molar-refractivity contribution in [1.82, 2.24) is 5.32 Å². The summed E-state index contributed by atoms with van der Waals surface area (Å²) in [5, 5.41) is 87.0. The highest BCUT2D eigenvalue weighted by Gasteiger charge is 2.51. The maximum absolute atomic E-state index is 13.2. The molecule has 2 aliphatic heterocycles. The Labute approximate surface area is 440 Å². The Morgan fingerprint density at radius 3 is 1.45 bits per heavy atom. The van der Waals surface area contributed by atoms with Crippen LogP contribution in [0.2, 0.25) is 0 Å². The molecule has 0 aromatic carbocycles. The summed E-state index contributed by atoms with van der Waals surface area (Å²) in [4.78, 5) is 13.2. The zero-order chi connectivity index (χ0) is 53.2. The van der Waals surface area contributed by atoms with Gasteiger partial charge >= 0.3 is 0 Å². The van der Waals surface area contributed by atoms with Crippen LogP contribution < -0.4 is 5.32 Å². The summed E-state index contributed by atoms with van der Waals surface area (Å²) < 4.78 is 22.7. The van der Waals surface area contributed by atoms with Crippen LogP contribution in [0.4, 0.5) is 0 Å². The van der Waals surface area contributed by atoms with Gasteiger partial charge in [0.15, 0.2) is 12.6 Å². The van der Waals surface area contributed by atoms with Crippen molar-refractivity contribution in [3.63, 3.8) is 0 Å². The van der Waals surface area contributed by atoms with E-state index in [1.807, 2.05) is 6.08 Å². The first-order valence-electron chi connectivity index (χ1n) is 28.7. The maximum atomic E-state index is 13.2. The van der Waals surface area contributed by atoms with Gasteiger partial charge in [-0.2, -0.15) is 0 Å². The Kier molecular flexibility index (Phi) is 40.6. The van der Waals surface area contributed by atoms with Crippen molar-refractivity contribution < 1.29 is 64.6 Å². The monoisotopic (exact) mass is 1030 g/mol. The third-order valence-corrected chi connectivity index (χ3v) is 13.6. The molecule has 2 rings (SSSR count). The lowest BCUT2D eigenvalue weighted by Gasteiger charge is -2.46. The fraction of sp³-hybridized carbons (Fsp3) is 0.780. The van der Waals surface area contributed by atoms with Crippen LogP contribution in [0, 0.1) is 0 Å². The fourth-order valence-electron chi connectivity index (χ4n) is 9.02. The van der Waals surface area contributed by atoms with Crippen molar-refractivity contribution >= 4 is 5.91 Å². The standard InChI is InChI=1S/C59H103NO13/c1-3-5-7-9-11-13-15-17-19-20-21-22-23-24-25-26-27-28-29-31-33-35-37-39-41-43-51(64)60-47(48(63)42-40-38-36-34-32-30-18-16-14-12-10-8-6-4-2)46-70-58-56(69)54(67)57(50(45-62)72-58)73-59-55(68)53(66)52(65)49(44-61)71-59/h5,7,11,13,17,19,21-22,24-25,40,42,47-50,52-59,61-63,65-69H,3-4,6,8-10,12,14-16,18,20,23,26-39,41,43-46H2,1-2H3,(H,60,64)/b7-5-,13-11-,19-17-,22-21-,25-24-,42-40+. The quantitative estimate of drug-likeness (QED) is 0.0205. The fourth-order valence-corrected chi connectivity index (χ4v) is 9.02. The Morgan fingerprint density at radius 1 is 0.507 bits per heavy atom. The first kappa shape index (κ1) is 66.5. The normalized spacial score (nSPS) is 25.9. The second-order valence-electron chi connectivity index (χ2n) is 20.0. The van der Waals surface area contributed by atoms with Gasteiger partial charge in [-0.05, 0) is 64.2 Å². The average molecular weight is 1030 g/mol. The zero-order valence-corrected chi connectivity index (χ0v) is 45.1. The molecule has 2 saturated heterocycles. The Bertz CT molecular complexity index is 1500. The van der Waals surface area contributed by atoms with Crippen LogP contribution in [0.3, 0.4) is 0 Å². The van der Waals surface area contributed by atoms with E-state index in [0.717, 1.165) is 77.0 Å². The van der Waals surface area contributed by atoms with Crippen molar-refractivity contribution in [3.8, 4) is 0 Å². The summed E-state index contributed by atoms with van der Waals surface area (Å²) >= 11 is 0. The lowest BCUT2D eigenvalue weighted by Crippen LogP contribution is -2.65. The molecule has 2 aliphatic rings. The number of carbonyl (C=O) groups excluding carboxylic acids is 1. The van der Waals surface area contributed by atoms with Gasteiger partial charge in [-0.15, -0.1) is 0 Å². The van der Waals surface area contributed by atoms with Crippen molar-refractivity contribution in [3.05, 3.63) is 72.9 Å². The SMILES string of the molecule is CC/C=C\C/C=C\C/C=C\C/C=C\C/C=C\CCCCCCCCCCCC(=O)NC(COC1OC(CO)C(OC2OC(CO)C(O)C(O)C2O)C(O)C1O)C(O)/C=C/CCCCCCCCCCCCCC. The van der Waals surface area contributed by atoms with Gasteiger partial charge in [-0.25, -0.2) is 0 Å². The maximum Gasteiger partial charge on any atom is 0.220 e. The molecule has 9 N–H and O–H groups in total. The van der Waals surface area contributed by atoms with Gasteiger partial charge < -0.3 is 65.1 Å². The average Bonchev–Trinajstić information content (AvgIpc) is 3.39. The minimum atomic E-state index is -1.79. The number of rotatable bonds is 44. The molecule has 0 bridgehead atoms. The third kappa shape index (κ3) is 30.7. The summed E-state index contributed by atoms with van der Waals surface area (Å²) in [5.74, 6) is -0.249. The van der Waals surface area contributed by atoms with E-state index in [1.165, 1.54) is 96.3 Å². The Morgan fingerprint density at radius 2 is 0.945 bits per heavy atom. The van der Waals surface area contributed by atoms with Crippen molar-refractivity contribution in [1.29, 1.82) is 0 Å². The van der Waals surface area contributed by atoms with Gasteiger partial charge in [-0.3, -0.25) is 4.79 Å². The van der Waals surface area contributed by atoms with E-state index in [-0.39, 0.29) is 18.9 Å². The molecule has 0 aliphatic carbocycles. The van der Waals surface area contributed by atoms with Crippen LogP contribution >= 0.6 is 0 Å². The number of aliphatic hydroxyl groups excluding tert-OH is 8. The van der Waals surface area contributed by atoms with Crippen LogP contribution in [-0.4, -0.2) is 140 Å². The predicted octanol–water partition coefficient (Wildman–Crippen LogP) is 9.16. The highest BCUT2D eigenvalue weighted by molar-refractivity contribution is 5.76. The first-order chi connectivity index (χ1) is 35.6. The number of aliphatic hydroxyl groups is 8. The van der Waals surface area contributed by atoms with Crippen LogP contribution in [0.5, 0.6) is 0 Å². The second kappa shape index (κ2) is 44.5. The molecule has 12 unspecified atom stereocenters. The second-order valence-corrected chi connectivity index (χ2v) is 20.0. The molecule has 14 heteroatoms. The number of hydrogen-bond donors (Lipinski definition) is 9. The van der Waals surface area contributed by atoms with E-state index in [4.69, 9.17) is 18.9 Å². The summed E-state index contributed by atoms with van der Waals surface area (Å²) in [5.41, 5.74) is 0. The zero-order valence-electron chi connectivity index (χ0n) is 45.1. The Balaban J connectivity index is 1.76. The summed E-state index contributed by atoms with van der Waals surface area (Å²) in [7, 11) is 0. The number of nitrogens with one attached hydrogen (secondary N) is 1. The molecule has 0 spiro atoms. The topological polar surface area (TPSA) is 228 Å². The molecule has 0 aromatic rings. The van der Waals surface area contributed by atoms with Gasteiger partial charge in [0.1, 0.15) is 48.8 Å². The molecule has 14 nitrogen and oxygen atoms in total. The van der Waals surface area contributed by atoms with E-state index < -0.39 is 86.8 Å². The van der Waals surface area contributed by atoms with Crippen LogP contribution in [0.15, 0.2) is 72.9 Å². The minimum Gasteiger partial charge on any atom is -0.394 e. The van der Waals surface area contributed by atoms with Crippen molar-refractivity contribution in [2.45, 2.75) is 274 Å². The molecule has 1 amide bonds. The van der Waals surface area contributed by atoms with E-state index in [1.54, 1.807) is 6.08 Å². The summed E-state index contributed by atoms with van der Waals surface area (Å²) in [6, 6.07) is -0.921. The van der Waals surface area contributed by atoms with E-state index in [9.17, 15) is 45.6 Å². The van der Waals surface area contributed by atoms with Gasteiger partial charge in [0.2, 0.25) is 5.91 Å². The molecule has 2 heterocycles. The van der Waals surface area contributed by atoms with E-state index in [0.29, 0.717) is 6.42 Å². The molecule has 2 fully saturated rings. The highest BCUT2D eigenvalue weighted by Crippen LogP contribution is 2.30.